The van der Waals surface area contributed by atoms with Crippen LogP contribution in [0.5, 0.6) is 0 Å². The molecule has 0 aromatic heterocycles. The summed E-state index contributed by atoms with van der Waals surface area (Å²) in [5.74, 6) is 0. The largest absolute Gasteiger partial charge is 0.306 e. The molecule has 62 heavy (non-hydrogen) atoms. The quantitative estimate of drug-likeness (QED) is 0.122. The van der Waals surface area contributed by atoms with E-state index < -0.39 is 0 Å². The molecule has 0 amide bonds. The van der Waals surface area contributed by atoms with Crippen molar-refractivity contribution in [2.45, 2.75) is 0 Å². The molecule has 0 fully saturated rings. The monoisotopic (exact) mass is 995 g/mol. The second-order valence-corrected chi connectivity index (χ2v) is 17.6. The second kappa shape index (κ2) is 15.3. The Morgan fingerprint density at radius 2 is 0.694 bits per heavy atom. The number of hydrogen-bond donors (Lipinski definition) is 0. The Balaban J connectivity index is 0.985. The summed E-state index contributed by atoms with van der Waals surface area (Å²) in [4.78, 5) is 20.3. The first kappa shape index (κ1) is 38.2. The molecule has 0 N–H and O–H groups in total. The highest BCUT2D eigenvalue weighted by Gasteiger charge is 2.34. The molecule has 0 saturated carbocycles. The highest BCUT2D eigenvalue weighted by molar-refractivity contribution is 9.11. The topological polar surface area (TPSA) is 56.1 Å². The number of halogens is 3. The molecule has 0 saturated heterocycles. The summed E-state index contributed by atoms with van der Waals surface area (Å²) in [6, 6.07) is 66.4. The van der Waals surface area contributed by atoms with E-state index in [2.05, 4.69) is 207 Å². The van der Waals surface area contributed by atoms with Gasteiger partial charge in [-0.25, -0.2) is 0 Å². The lowest BCUT2D eigenvalue weighted by molar-refractivity contribution is -0.384. The minimum Gasteiger partial charge on any atom is -0.306 e. The molecule has 7 nitrogen and oxygen atoms in total. The smallest absolute Gasteiger partial charge is 0.269 e. The Morgan fingerprint density at radius 1 is 0.339 bits per heavy atom. The van der Waals surface area contributed by atoms with Crippen LogP contribution in [0.25, 0.3) is 21.9 Å². The van der Waals surface area contributed by atoms with E-state index in [4.69, 9.17) is 0 Å². The van der Waals surface area contributed by atoms with Gasteiger partial charge in [0.15, 0.2) is 0 Å². The van der Waals surface area contributed by atoms with Crippen molar-refractivity contribution in [3.8, 4) is 11.1 Å². The van der Waals surface area contributed by atoms with E-state index in [0.29, 0.717) is 0 Å². The Labute approximate surface area is 383 Å². The van der Waals surface area contributed by atoms with E-state index in [0.717, 1.165) is 92.8 Å². The van der Waals surface area contributed by atoms with Gasteiger partial charge in [0.1, 0.15) is 0 Å². The molecule has 298 valence electrons. The van der Waals surface area contributed by atoms with Gasteiger partial charge in [-0.15, -0.1) is 0 Å². The zero-order valence-electron chi connectivity index (χ0n) is 32.7. The molecule has 0 spiro atoms. The van der Waals surface area contributed by atoms with Crippen molar-refractivity contribution >= 4 is 132 Å². The molecule has 9 aromatic rings. The van der Waals surface area contributed by atoms with Crippen LogP contribution in [0.1, 0.15) is 0 Å². The lowest BCUT2D eigenvalue weighted by Gasteiger charge is -2.41. The van der Waals surface area contributed by atoms with E-state index in [1.54, 1.807) is 24.3 Å². The van der Waals surface area contributed by atoms with Crippen LogP contribution in [0.3, 0.4) is 0 Å². The van der Waals surface area contributed by atoms with Gasteiger partial charge < -0.3 is 19.6 Å². The summed E-state index contributed by atoms with van der Waals surface area (Å²) < 4.78 is 2.91. The number of nitrogens with zero attached hydrogens (tertiary/aromatic N) is 5. The Bertz CT molecular complexity index is 3220. The molecule has 2 aliphatic rings. The number of anilines is 12. The maximum absolute atomic E-state index is 11.5. The predicted octanol–water partition coefficient (Wildman–Crippen LogP) is 17.2. The third-order valence-corrected chi connectivity index (χ3v) is 13.5. The number of fused-ring (bicyclic) bond motifs is 5. The second-order valence-electron chi connectivity index (χ2n) is 15.1. The van der Waals surface area contributed by atoms with Crippen LogP contribution in [0.4, 0.5) is 73.9 Å². The average Bonchev–Trinajstić information content (AvgIpc) is 3.30. The molecule has 2 aliphatic heterocycles. The minimum atomic E-state index is -0.370. The normalized spacial score (nSPS) is 12.8. The first-order valence-electron chi connectivity index (χ1n) is 19.9. The molecule has 0 atom stereocenters. The number of hydrogen-bond acceptors (Lipinski definition) is 6. The van der Waals surface area contributed by atoms with Crippen LogP contribution in [-0.4, -0.2) is 4.92 Å². The Morgan fingerprint density at radius 3 is 1.10 bits per heavy atom. The van der Waals surface area contributed by atoms with Gasteiger partial charge in [-0.3, -0.25) is 10.1 Å². The van der Waals surface area contributed by atoms with Gasteiger partial charge in [-0.2, -0.15) is 0 Å². The molecule has 11 rings (SSSR count). The summed E-state index contributed by atoms with van der Waals surface area (Å²) in [7, 11) is 0. The maximum Gasteiger partial charge on any atom is 0.269 e. The first-order valence-corrected chi connectivity index (χ1v) is 22.3. The van der Waals surface area contributed by atoms with Gasteiger partial charge in [-0.1, -0.05) is 84.9 Å². The summed E-state index contributed by atoms with van der Waals surface area (Å²) in [6.45, 7) is 0. The van der Waals surface area contributed by atoms with Gasteiger partial charge >= 0.3 is 0 Å². The Kier molecular flexibility index (Phi) is 9.45. The number of benzene rings is 9. The van der Waals surface area contributed by atoms with Crippen molar-refractivity contribution in [1.29, 1.82) is 0 Å². The first-order chi connectivity index (χ1) is 30.3. The zero-order chi connectivity index (χ0) is 42.1. The van der Waals surface area contributed by atoms with E-state index >= 15 is 0 Å². The van der Waals surface area contributed by atoms with Crippen LogP contribution >= 0.6 is 47.8 Å². The lowest BCUT2D eigenvalue weighted by Crippen LogP contribution is -2.24. The standard InChI is InChI=1S/C52H32Br3N5O2/c53-39-13-3-4-14-42(39)58-49-19-9-10-20-50(49)59(52-32-34-12-2-1-11-33(34)31-51(52)58)44-28-22-36(30-41(44)55)35-21-27-43(40(54)29-35)57-47-17-7-5-15-45(47)56(46-16-6-8-18-48(46)57)37-23-25-38(26-24-37)60(61)62/h1-32H. The fourth-order valence-corrected chi connectivity index (χ4v) is 10.3. The highest BCUT2D eigenvalue weighted by Crippen LogP contribution is 2.58. The molecule has 0 aliphatic carbocycles. The van der Waals surface area contributed by atoms with Crippen LogP contribution in [-0.2, 0) is 0 Å². The van der Waals surface area contributed by atoms with Crippen LogP contribution < -0.4 is 19.6 Å². The maximum atomic E-state index is 11.5. The van der Waals surface area contributed by atoms with E-state index in [1.807, 2.05) is 30.3 Å². The summed E-state index contributed by atoms with van der Waals surface area (Å²) >= 11 is 11.9. The number of non-ortho nitro benzene ring substituents is 1. The van der Waals surface area contributed by atoms with Gasteiger partial charge in [0, 0.05) is 31.2 Å². The molecular formula is C52H32Br3N5O2. The average molecular weight is 999 g/mol. The Hall–Kier alpha value is -6.72. The summed E-state index contributed by atoms with van der Waals surface area (Å²) in [5.41, 5.74) is 14.3. The fraction of sp³-hybridized carbons (Fsp3) is 0. The zero-order valence-corrected chi connectivity index (χ0v) is 37.4. The molecule has 2 heterocycles. The third kappa shape index (κ3) is 6.28. The van der Waals surface area contributed by atoms with E-state index in [-0.39, 0.29) is 10.6 Å². The molecule has 9 aromatic carbocycles. The summed E-state index contributed by atoms with van der Waals surface area (Å²) in [6.07, 6.45) is 0. The molecular weight excluding hydrogens is 966 g/mol. The molecule has 0 radical (unpaired) electrons. The highest BCUT2D eigenvalue weighted by atomic mass is 79.9. The van der Waals surface area contributed by atoms with Gasteiger partial charge in [-0.05, 0) is 167 Å². The van der Waals surface area contributed by atoms with Crippen molar-refractivity contribution in [2.75, 3.05) is 19.6 Å². The van der Waals surface area contributed by atoms with E-state index in [1.165, 1.54) is 10.8 Å². The van der Waals surface area contributed by atoms with Crippen LogP contribution in [0.15, 0.2) is 208 Å². The van der Waals surface area contributed by atoms with E-state index in [9.17, 15) is 10.1 Å². The van der Waals surface area contributed by atoms with Crippen molar-refractivity contribution in [1.82, 2.24) is 0 Å². The molecule has 0 bridgehead atoms. The number of nitro benzene ring substituents is 1. The number of para-hydroxylation sites is 7. The fourth-order valence-electron chi connectivity index (χ4n) is 8.77. The van der Waals surface area contributed by atoms with Gasteiger partial charge in [0.25, 0.3) is 5.69 Å². The van der Waals surface area contributed by atoms with Crippen LogP contribution in [0.2, 0.25) is 0 Å². The van der Waals surface area contributed by atoms with Crippen molar-refractivity contribution in [3.05, 3.63) is 218 Å². The van der Waals surface area contributed by atoms with Crippen LogP contribution in [0, 0.1) is 10.1 Å². The third-order valence-electron chi connectivity index (χ3n) is 11.5. The summed E-state index contributed by atoms with van der Waals surface area (Å²) in [5, 5.41) is 13.8. The molecule has 10 heteroatoms. The van der Waals surface area contributed by atoms with Crippen molar-refractivity contribution in [3.63, 3.8) is 0 Å². The van der Waals surface area contributed by atoms with Gasteiger partial charge in [0.05, 0.1) is 67.5 Å². The number of rotatable bonds is 6. The van der Waals surface area contributed by atoms with Crippen molar-refractivity contribution < 1.29 is 4.92 Å². The molecule has 0 unspecified atom stereocenters. The predicted molar refractivity (Wildman–Crippen MR) is 265 cm³/mol. The number of nitro groups is 1. The minimum absolute atomic E-state index is 0.0549. The van der Waals surface area contributed by atoms with Crippen molar-refractivity contribution in [2.24, 2.45) is 0 Å². The lowest BCUT2D eigenvalue weighted by atomic mass is 9.99. The van der Waals surface area contributed by atoms with Gasteiger partial charge in [0.2, 0.25) is 0 Å². The SMILES string of the molecule is O=[N+]([O-])c1ccc(N2c3ccccc3N(c3ccc(-c4ccc(N5c6ccccc6N(c6ccccc6Br)c6cc7ccccc7cc65)c(Br)c4)cc3Br)c3ccccc32)cc1.